The van der Waals surface area contributed by atoms with Crippen LogP contribution in [0.25, 0.3) is 17.3 Å². The van der Waals surface area contributed by atoms with Gasteiger partial charge in [0.25, 0.3) is 0 Å². The van der Waals surface area contributed by atoms with Crippen molar-refractivity contribution < 1.29 is 9.13 Å². The maximum Gasteiger partial charge on any atom is 0.123 e. The minimum atomic E-state index is -0.235. The number of hydrogen-bond acceptors (Lipinski definition) is 2. The number of allylic oxidation sites excluding steroid dienone is 2. The molecule has 0 saturated heterocycles. The van der Waals surface area contributed by atoms with Crippen molar-refractivity contribution in [1.82, 2.24) is 4.98 Å². The van der Waals surface area contributed by atoms with Gasteiger partial charge in [-0.2, -0.15) is 0 Å². The monoisotopic (exact) mass is 437 g/mol. The summed E-state index contributed by atoms with van der Waals surface area (Å²) >= 11 is 0. The highest BCUT2D eigenvalue weighted by molar-refractivity contribution is 5.76. The number of nitrogens with zero attached hydrogens (tertiary/aromatic N) is 1. The molecule has 0 atom stereocenters. The molecule has 1 fully saturated rings. The van der Waals surface area contributed by atoms with Gasteiger partial charge in [0.2, 0.25) is 0 Å². The van der Waals surface area contributed by atoms with E-state index in [1.807, 2.05) is 52.8 Å². The normalized spacial score (nSPS) is 12.4. The van der Waals surface area contributed by atoms with Crippen molar-refractivity contribution in [3.05, 3.63) is 83.9 Å². The summed E-state index contributed by atoms with van der Waals surface area (Å²) in [6.07, 6.45) is 11.8. The van der Waals surface area contributed by atoms with Crippen molar-refractivity contribution >= 4 is 6.08 Å². The van der Waals surface area contributed by atoms with Gasteiger partial charge < -0.3 is 4.74 Å². The van der Waals surface area contributed by atoms with E-state index in [9.17, 15) is 4.39 Å². The standard InChI is InChI=1S/C25H28FNO.2C2H6/c1-4-7-22-24(18-9-10-18)21(15-17-28-16-6-3)23(8-5-2)27-25(22)19-11-13-20(26)14-12-19;2*1-2/h4-7,11-14,18H,2-3,8-10,15-17H2,1H3;2*1-2H3/b7-4+;;. The molecular weight excluding hydrogens is 397 g/mol. The average molecular weight is 438 g/mol. The lowest BCUT2D eigenvalue weighted by Gasteiger charge is -2.20. The highest BCUT2D eigenvalue weighted by atomic mass is 19.1. The second-order valence-electron chi connectivity index (χ2n) is 7.10. The van der Waals surface area contributed by atoms with Gasteiger partial charge in [-0.05, 0) is 67.5 Å². The van der Waals surface area contributed by atoms with E-state index in [0.29, 0.717) is 25.6 Å². The quantitative estimate of drug-likeness (QED) is 0.275. The molecule has 3 rings (SSSR count). The molecule has 0 aliphatic heterocycles. The van der Waals surface area contributed by atoms with E-state index in [-0.39, 0.29) is 5.82 Å². The molecule has 1 aromatic carbocycles. The van der Waals surface area contributed by atoms with E-state index in [4.69, 9.17) is 9.72 Å². The first-order valence-electron chi connectivity index (χ1n) is 11.9. The van der Waals surface area contributed by atoms with Gasteiger partial charge in [-0.15, -0.1) is 13.2 Å². The first-order valence-corrected chi connectivity index (χ1v) is 11.9. The van der Waals surface area contributed by atoms with Gasteiger partial charge in [-0.3, -0.25) is 4.98 Å². The number of pyridine rings is 1. The fourth-order valence-electron chi connectivity index (χ4n) is 3.64. The van der Waals surface area contributed by atoms with Gasteiger partial charge in [0, 0.05) is 23.2 Å². The largest absolute Gasteiger partial charge is 0.377 e. The molecule has 0 amide bonds. The minimum Gasteiger partial charge on any atom is -0.377 e. The molecule has 0 unspecified atom stereocenters. The van der Waals surface area contributed by atoms with Crippen LogP contribution in [-0.4, -0.2) is 18.2 Å². The fraction of sp³-hybridized carbons (Fsp3) is 0.414. The summed E-state index contributed by atoms with van der Waals surface area (Å²) in [5.41, 5.74) is 6.73. The zero-order valence-electron chi connectivity index (χ0n) is 20.6. The number of aromatic nitrogens is 1. The molecule has 0 radical (unpaired) electrons. The van der Waals surface area contributed by atoms with Crippen LogP contribution < -0.4 is 0 Å². The topological polar surface area (TPSA) is 22.1 Å². The molecule has 0 bridgehead atoms. The molecule has 1 aliphatic rings. The summed E-state index contributed by atoms with van der Waals surface area (Å²) in [6, 6.07) is 6.62. The summed E-state index contributed by atoms with van der Waals surface area (Å²) in [5, 5.41) is 0. The molecule has 32 heavy (non-hydrogen) atoms. The van der Waals surface area contributed by atoms with Crippen molar-refractivity contribution in [3.8, 4) is 11.3 Å². The molecule has 2 aromatic rings. The Morgan fingerprint density at radius 2 is 1.72 bits per heavy atom. The molecule has 3 heteroatoms. The second kappa shape index (κ2) is 15.3. The number of halogens is 1. The first kappa shape index (κ1) is 27.5. The molecule has 1 aromatic heterocycles. The molecular formula is C29H40FNO. The van der Waals surface area contributed by atoms with E-state index < -0.39 is 0 Å². The van der Waals surface area contributed by atoms with Crippen molar-refractivity contribution in [2.75, 3.05) is 13.2 Å². The van der Waals surface area contributed by atoms with Crippen LogP contribution in [0.2, 0.25) is 0 Å². The van der Waals surface area contributed by atoms with Crippen LogP contribution in [0.3, 0.4) is 0 Å². The van der Waals surface area contributed by atoms with E-state index in [0.717, 1.165) is 28.9 Å². The maximum atomic E-state index is 13.5. The Balaban J connectivity index is 0.00000121. The smallest absolute Gasteiger partial charge is 0.123 e. The summed E-state index contributed by atoms with van der Waals surface area (Å²) < 4.78 is 19.1. The van der Waals surface area contributed by atoms with Crippen molar-refractivity contribution in [1.29, 1.82) is 0 Å². The van der Waals surface area contributed by atoms with Gasteiger partial charge in [0.05, 0.1) is 18.9 Å². The molecule has 2 nitrogen and oxygen atoms in total. The summed E-state index contributed by atoms with van der Waals surface area (Å²) in [7, 11) is 0. The summed E-state index contributed by atoms with van der Waals surface area (Å²) in [6.45, 7) is 18.9. The van der Waals surface area contributed by atoms with Gasteiger partial charge in [0.15, 0.2) is 0 Å². The third kappa shape index (κ3) is 7.56. The van der Waals surface area contributed by atoms with Crippen molar-refractivity contribution in [2.24, 2.45) is 0 Å². The van der Waals surface area contributed by atoms with Crippen LogP contribution in [0.4, 0.5) is 4.39 Å². The zero-order valence-corrected chi connectivity index (χ0v) is 20.6. The lowest BCUT2D eigenvalue weighted by Crippen LogP contribution is -2.10. The van der Waals surface area contributed by atoms with Crippen LogP contribution >= 0.6 is 0 Å². The second-order valence-corrected chi connectivity index (χ2v) is 7.10. The third-order valence-corrected chi connectivity index (χ3v) is 4.97. The Hall–Kier alpha value is -2.52. The highest BCUT2D eigenvalue weighted by Crippen LogP contribution is 2.46. The third-order valence-electron chi connectivity index (χ3n) is 4.97. The van der Waals surface area contributed by atoms with Crippen LogP contribution in [0.5, 0.6) is 0 Å². The Morgan fingerprint density at radius 1 is 1.06 bits per heavy atom. The molecule has 0 N–H and O–H groups in total. The number of rotatable bonds is 10. The van der Waals surface area contributed by atoms with Gasteiger partial charge >= 0.3 is 0 Å². The van der Waals surface area contributed by atoms with E-state index in [1.165, 1.54) is 36.1 Å². The lowest BCUT2D eigenvalue weighted by molar-refractivity contribution is 0.165. The summed E-state index contributed by atoms with van der Waals surface area (Å²) in [5.74, 6) is 0.326. The number of benzene rings is 1. The number of hydrogen-bond donors (Lipinski definition) is 0. The van der Waals surface area contributed by atoms with Crippen LogP contribution in [0.15, 0.2) is 55.7 Å². The minimum absolute atomic E-state index is 0.235. The Bertz CT molecular complexity index is 864. The van der Waals surface area contributed by atoms with Gasteiger partial charge in [0.1, 0.15) is 5.82 Å². The molecule has 1 heterocycles. The average Bonchev–Trinajstić information content (AvgIpc) is 3.67. The maximum absolute atomic E-state index is 13.5. The van der Waals surface area contributed by atoms with E-state index in [2.05, 4.69) is 25.3 Å². The molecule has 174 valence electrons. The lowest BCUT2D eigenvalue weighted by atomic mass is 9.89. The number of ether oxygens (including phenoxy) is 1. The van der Waals surface area contributed by atoms with Crippen molar-refractivity contribution in [3.63, 3.8) is 0 Å². The van der Waals surface area contributed by atoms with Crippen LogP contribution in [0, 0.1) is 5.82 Å². The SMILES string of the molecule is C=CCOCCc1c(CC=C)nc(-c2ccc(F)cc2)c(/C=C/C)c1C1CC1.CC.CC. The molecule has 0 spiro atoms. The predicted molar refractivity (Wildman–Crippen MR) is 138 cm³/mol. The van der Waals surface area contributed by atoms with E-state index in [1.54, 1.807) is 6.08 Å². The fourth-order valence-corrected chi connectivity index (χ4v) is 3.64. The Morgan fingerprint density at radius 3 is 2.25 bits per heavy atom. The first-order chi connectivity index (χ1) is 15.7. The van der Waals surface area contributed by atoms with Crippen molar-refractivity contribution in [2.45, 2.75) is 66.2 Å². The van der Waals surface area contributed by atoms with Gasteiger partial charge in [-0.1, -0.05) is 52.0 Å². The zero-order chi connectivity index (χ0) is 23.9. The highest BCUT2D eigenvalue weighted by Gasteiger charge is 2.31. The van der Waals surface area contributed by atoms with Crippen LogP contribution in [0.1, 0.15) is 75.8 Å². The van der Waals surface area contributed by atoms with Crippen LogP contribution in [-0.2, 0) is 17.6 Å². The predicted octanol–water partition coefficient (Wildman–Crippen LogP) is 8.32. The summed E-state index contributed by atoms with van der Waals surface area (Å²) in [4.78, 5) is 5.03. The van der Waals surface area contributed by atoms with Gasteiger partial charge in [-0.25, -0.2) is 4.39 Å². The Kier molecular flexibility index (Phi) is 13.2. The Labute approximate surface area is 194 Å². The van der Waals surface area contributed by atoms with E-state index >= 15 is 0 Å². The molecule has 1 aliphatic carbocycles. The molecule has 1 saturated carbocycles.